The minimum atomic E-state index is -3.80. The molecule has 1 N–H and O–H groups in total. The van der Waals surface area contributed by atoms with E-state index >= 15 is 0 Å². The van der Waals surface area contributed by atoms with E-state index in [1.165, 1.54) is 4.90 Å². The molecule has 0 aliphatic heterocycles. The Balaban J connectivity index is 2.49. The van der Waals surface area contributed by atoms with Gasteiger partial charge in [-0.25, -0.2) is 8.42 Å². The molecule has 198 valence electrons. The quantitative estimate of drug-likeness (QED) is 0.397. The summed E-state index contributed by atoms with van der Waals surface area (Å²) in [7, 11) is -3.80. The van der Waals surface area contributed by atoms with E-state index < -0.39 is 28.5 Å². The van der Waals surface area contributed by atoms with Gasteiger partial charge in [-0.05, 0) is 56.0 Å². The monoisotopic (exact) mass is 555 g/mol. The molecule has 0 heterocycles. The number of amides is 2. The van der Waals surface area contributed by atoms with Crippen LogP contribution in [0, 0.1) is 0 Å². The second kappa shape index (κ2) is 13.3. The van der Waals surface area contributed by atoms with Crippen molar-refractivity contribution >= 4 is 50.7 Å². The third-order valence-electron chi connectivity index (χ3n) is 6.09. The lowest BCUT2D eigenvalue weighted by Gasteiger charge is -2.33. The largest absolute Gasteiger partial charge is 0.352 e. The second-order valence-corrected chi connectivity index (χ2v) is 11.5. The van der Waals surface area contributed by atoms with Crippen LogP contribution in [0.1, 0.15) is 51.7 Å². The Morgan fingerprint density at radius 3 is 2.03 bits per heavy atom. The molecule has 0 fully saturated rings. The maximum absolute atomic E-state index is 13.7. The fraction of sp³-hybridized carbons (Fsp3) is 0.462. The first kappa shape index (κ1) is 29.9. The van der Waals surface area contributed by atoms with Crippen LogP contribution in [0.4, 0.5) is 5.69 Å². The Morgan fingerprint density at radius 1 is 0.972 bits per heavy atom. The van der Waals surface area contributed by atoms with Crippen LogP contribution in [0.15, 0.2) is 42.5 Å². The molecule has 0 spiro atoms. The van der Waals surface area contributed by atoms with Crippen LogP contribution < -0.4 is 9.62 Å². The molecule has 0 saturated heterocycles. The molecule has 7 nitrogen and oxygen atoms in total. The van der Waals surface area contributed by atoms with Gasteiger partial charge >= 0.3 is 0 Å². The summed E-state index contributed by atoms with van der Waals surface area (Å²) in [6, 6.07) is 11.1. The normalized spacial score (nSPS) is 13.1. The van der Waals surface area contributed by atoms with E-state index in [0.717, 1.165) is 29.0 Å². The average Bonchev–Trinajstić information content (AvgIpc) is 2.83. The number of carbonyl (C=O) groups is 2. The van der Waals surface area contributed by atoms with E-state index in [9.17, 15) is 18.0 Å². The molecule has 2 atom stereocenters. The fourth-order valence-corrected chi connectivity index (χ4v) is 5.09. The van der Waals surface area contributed by atoms with Crippen molar-refractivity contribution in [2.75, 3.05) is 17.1 Å². The predicted molar refractivity (Wildman–Crippen MR) is 147 cm³/mol. The van der Waals surface area contributed by atoms with Gasteiger partial charge in [0.15, 0.2) is 0 Å². The lowest BCUT2D eigenvalue weighted by molar-refractivity contribution is -0.140. The minimum absolute atomic E-state index is 0.0455. The molecule has 0 aliphatic carbocycles. The number of anilines is 1. The number of nitrogens with one attached hydrogen (secondary N) is 1. The van der Waals surface area contributed by atoms with Gasteiger partial charge in [0.25, 0.3) is 0 Å². The first-order valence-corrected chi connectivity index (χ1v) is 14.6. The van der Waals surface area contributed by atoms with Crippen LogP contribution in [0.5, 0.6) is 0 Å². The number of rotatable bonds is 12. The summed E-state index contributed by atoms with van der Waals surface area (Å²) in [4.78, 5) is 28.3. The molecule has 2 aromatic carbocycles. The highest BCUT2D eigenvalue weighted by atomic mass is 35.5. The molecule has 36 heavy (non-hydrogen) atoms. The highest BCUT2D eigenvalue weighted by Gasteiger charge is 2.32. The zero-order chi connectivity index (χ0) is 27.0. The standard InChI is InChI=1S/C26H35Cl2N3O4S/c1-6-18(4)29-26(33)24(8-3)30(16-21-22(27)10-9-11-23(21)28)25(32)17-31(36(5,34)35)20-14-12-19(7-2)13-15-20/h9-15,18,24H,6-8,16-17H2,1-5H3,(H,29,33)/t18-,24-/m0/s1. The van der Waals surface area contributed by atoms with Gasteiger partial charge in [-0.1, -0.05) is 62.2 Å². The molecule has 0 unspecified atom stereocenters. The number of hydrogen-bond acceptors (Lipinski definition) is 4. The fourth-order valence-electron chi connectivity index (χ4n) is 3.73. The zero-order valence-corrected chi connectivity index (χ0v) is 23.8. The first-order chi connectivity index (χ1) is 16.9. The molecule has 0 aliphatic rings. The topological polar surface area (TPSA) is 86.8 Å². The van der Waals surface area contributed by atoms with Gasteiger partial charge in [-0.3, -0.25) is 13.9 Å². The molecule has 0 saturated carbocycles. The van der Waals surface area contributed by atoms with E-state index in [0.29, 0.717) is 27.7 Å². The summed E-state index contributed by atoms with van der Waals surface area (Å²) in [5, 5.41) is 3.64. The van der Waals surface area contributed by atoms with Crippen molar-refractivity contribution in [3.8, 4) is 0 Å². The van der Waals surface area contributed by atoms with E-state index in [2.05, 4.69) is 5.32 Å². The molecule has 0 bridgehead atoms. The number of sulfonamides is 1. The molecule has 0 radical (unpaired) electrons. The van der Waals surface area contributed by atoms with Crippen molar-refractivity contribution in [1.82, 2.24) is 10.2 Å². The molecule has 10 heteroatoms. The lowest BCUT2D eigenvalue weighted by Crippen LogP contribution is -2.53. The minimum Gasteiger partial charge on any atom is -0.352 e. The van der Waals surface area contributed by atoms with Gasteiger partial charge < -0.3 is 10.2 Å². The van der Waals surface area contributed by atoms with Crippen molar-refractivity contribution in [3.63, 3.8) is 0 Å². The van der Waals surface area contributed by atoms with E-state index in [1.807, 2.05) is 32.9 Å². The first-order valence-electron chi connectivity index (χ1n) is 12.0. The Labute approximate surface area is 224 Å². The van der Waals surface area contributed by atoms with E-state index in [4.69, 9.17) is 23.2 Å². The molecule has 2 rings (SSSR count). The van der Waals surface area contributed by atoms with Gasteiger partial charge in [0.05, 0.1) is 11.9 Å². The predicted octanol–water partition coefficient (Wildman–Crippen LogP) is 5.04. The summed E-state index contributed by atoms with van der Waals surface area (Å²) in [5.41, 5.74) is 1.90. The van der Waals surface area contributed by atoms with Crippen molar-refractivity contribution in [2.24, 2.45) is 0 Å². The van der Waals surface area contributed by atoms with Crippen molar-refractivity contribution in [3.05, 3.63) is 63.6 Å². The summed E-state index contributed by atoms with van der Waals surface area (Å²) >= 11 is 12.8. The van der Waals surface area contributed by atoms with Gasteiger partial charge in [-0.15, -0.1) is 0 Å². The Bertz CT molecular complexity index is 1140. The highest BCUT2D eigenvalue weighted by molar-refractivity contribution is 7.92. The van der Waals surface area contributed by atoms with E-state index in [-0.39, 0.29) is 18.5 Å². The Morgan fingerprint density at radius 2 is 1.56 bits per heavy atom. The van der Waals surface area contributed by atoms with Crippen molar-refractivity contribution < 1.29 is 18.0 Å². The van der Waals surface area contributed by atoms with Gasteiger partial charge in [0.1, 0.15) is 12.6 Å². The maximum Gasteiger partial charge on any atom is 0.244 e. The van der Waals surface area contributed by atoms with Crippen molar-refractivity contribution in [1.29, 1.82) is 0 Å². The zero-order valence-electron chi connectivity index (χ0n) is 21.4. The second-order valence-electron chi connectivity index (χ2n) is 8.75. The highest BCUT2D eigenvalue weighted by Crippen LogP contribution is 2.28. The summed E-state index contributed by atoms with van der Waals surface area (Å²) in [5.74, 6) is -0.858. The molecular formula is C26H35Cl2N3O4S. The summed E-state index contributed by atoms with van der Waals surface area (Å²) < 4.78 is 26.5. The van der Waals surface area contributed by atoms with Gasteiger partial charge in [-0.2, -0.15) is 0 Å². The number of halogens is 2. The summed E-state index contributed by atoms with van der Waals surface area (Å²) in [6.45, 7) is 7.11. The number of aryl methyl sites for hydroxylation is 1. The number of hydrogen-bond donors (Lipinski definition) is 1. The molecule has 0 aromatic heterocycles. The van der Waals surface area contributed by atoms with Gasteiger partial charge in [0, 0.05) is 28.2 Å². The van der Waals surface area contributed by atoms with Gasteiger partial charge in [0.2, 0.25) is 21.8 Å². The SMILES string of the molecule is CCc1ccc(N(CC(=O)N(Cc2c(Cl)cccc2Cl)[C@@H](CC)C(=O)N[C@@H](C)CC)S(C)(=O)=O)cc1. The van der Waals surface area contributed by atoms with E-state index in [1.54, 1.807) is 37.3 Å². The lowest BCUT2D eigenvalue weighted by atomic mass is 10.1. The van der Waals surface area contributed by atoms with Crippen LogP contribution >= 0.6 is 23.2 Å². The Kier molecular flexibility index (Phi) is 11.1. The third-order valence-corrected chi connectivity index (χ3v) is 7.94. The maximum atomic E-state index is 13.7. The molecule has 2 amide bonds. The number of benzene rings is 2. The van der Waals surface area contributed by atoms with Crippen LogP contribution in [0.25, 0.3) is 0 Å². The molecule has 2 aromatic rings. The third kappa shape index (κ3) is 7.85. The van der Waals surface area contributed by atoms with Crippen LogP contribution in [-0.4, -0.2) is 50.0 Å². The summed E-state index contributed by atoms with van der Waals surface area (Å²) in [6.07, 6.45) is 2.90. The smallest absolute Gasteiger partial charge is 0.244 e. The van der Waals surface area contributed by atoms with Crippen LogP contribution in [0.3, 0.4) is 0 Å². The van der Waals surface area contributed by atoms with Crippen LogP contribution in [-0.2, 0) is 32.6 Å². The Hall–Kier alpha value is -2.29. The average molecular weight is 557 g/mol. The van der Waals surface area contributed by atoms with Crippen molar-refractivity contribution in [2.45, 2.75) is 65.6 Å². The number of nitrogens with zero attached hydrogens (tertiary/aromatic N) is 2. The number of carbonyl (C=O) groups excluding carboxylic acids is 2. The molecular weight excluding hydrogens is 521 g/mol. The van der Waals surface area contributed by atoms with Crippen LogP contribution in [0.2, 0.25) is 10.0 Å².